The largest absolute Gasteiger partial charge is 0.479 e. The molecule has 2 N–H and O–H groups in total. The summed E-state index contributed by atoms with van der Waals surface area (Å²) in [6, 6.07) is -0.159. The Bertz CT molecular complexity index is 362. The molecule has 2 amide bonds. The van der Waals surface area contributed by atoms with Gasteiger partial charge in [-0.3, -0.25) is 0 Å². The normalized spacial score (nSPS) is 32.2. The fourth-order valence-corrected chi connectivity index (χ4v) is 2.48. The number of likely N-dealkylation sites (tertiary alicyclic amines) is 1. The fraction of sp³-hybridized carbons (Fsp3) is 0.833. The van der Waals surface area contributed by atoms with Crippen molar-refractivity contribution >= 4 is 12.0 Å². The number of morpholine rings is 1. The molecule has 19 heavy (non-hydrogen) atoms. The molecule has 0 saturated carbocycles. The van der Waals surface area contributed by atoms with Crippen LogP contribution in [0.5, 0.6) is 0 Å². The Hall–Kier alpha value is -1.34. The van der Waals surface area contributed by atoms with Crippen molar-refractivity contribution in [2.45, 2.75) is 25.6 Å². The van der Waals surface area contributed by atoms with Gasteiger partial charge in [0.15, 0.2) is 6.10 Å². The van der Waals surface area contributed by atoms with Gasteiger partial charge in [-0.1, -0.05) is 6.92 Å². The van der Waals surface area contributed by atoms with E-state index in [1.165, 1.54) is 4.90 Å². The van der Waals surface area contributed by atoms with Crippen LogP contribution in [0.3, 0.4) is 0 Å². The average molecular weight is 272 g/mol. The first-order valence-electron chi connectivity index (χ1n) is 6.55. The zero-order valence-electron chi connectivity index (χ0n) is 11.0. The molecule has 0 spiro atoms. The highest BCUT2D eigenvalue weighted by Gasteiger charge is 2.34. The van der Waals surface area contributed by atoms with Crippen LogP contribution in [-0.4, -0.2) is 77.0 Å². The number of carbonyl (C=O) groups is 2. The van der Waals surface area contributed by atoms with Crippen molar-refractivity contribution in [3.05, 3.63) is 0 Å². The zero-order chi connectivity index (χ0) is 14.0. The molecule has 3 unspecified atom stereocenters. The number of nitrogens with zero attached hydrogens (tertiary/aromatic N) is 2. The van der Waals surface area contributed by atoms with E-state index in [-0.39, 0.29) is 31.2 Å². The number of carbonyl (C=O) groups excluding carboxylic acids is 1. The van der Waals surface area contributed by atoms with Gasteiger partial charge in [0.25, 0.3) is 0 Å². The molecule has 0 aromatic rings. The van der Waals surface area contributed by atoms with Crippen LogP contribution in [-0.2, 0) is 9.53 Å². The smallest absolute Gasteiger partial charge is 0.334 e. The predicted molar refractivity (Wildman–Crippen MR) is 65.7 cm³/mol. The molecule has 3 atom stereocenters. The SMILES string of the molecule is CC1CN(C(=O)N2CCOC(C(=O)O)C2)CCC1O. The van der Waals surface area contributed by atoms with Gasteiger partial charge >= 0.3 is 12.0 Å². The van der Waals surface area contributed by atoms with Gasteiger partial charge in [0, 0.05) is 19.6 Å². The maximum atomic E-state index is 12.3. The van der Waals surface area contributed by atoms with Gasteiger partial charge in [-0.2, -0.15) is 0 Å². The molecule has 2 aliphatic heterocycles. The first-order valence-corrected chi connectivity index (χ1v) is 6.55. The van der Waals surface area contributed by atoms with E-state index in [4.69, 9.17) is 9.84 Å². The maximum Gasteiger partial charge on any atom is 0.334 e. The topological polar surface area (TPSA) is 90.3 Å². The minimum Gasteiger partial charge on any atom is -0.479 e. The summed E-state index contributed by atoms with van der Waals surface area (Å²) in [5.41, 5.74) is 0. The van der Waals surface area contributed by atoms with E-state index < -0.39 is 12.1 Å². The predicted octanol–water partition coefficient (Wildman–Crippen LogP) is -0.405. The van der Waals surface area contributed by atoms with Gasteiger partial charge in [-0.15, -0.1) is 0 Å². The molecule has 0 bridgehead atoms. The number of carboxylic acids is 1. The summed E-state index contributed by atoms with van der Waals surface area (Å²) in [6.07, 6.45) is -0.731. The van der Waals surface area contributed by atoms with Crippen LogP contribution < -0.4 is 0 Å². The number of amides is 2. The van der Waals surface area contributed by atoms with Crippen LogP contribution in [0, 0.1) is 5.92 Å². The monoisotopic (exact) mass is 272 g/mol. The fourth-order valence-electron chi connectivity index (χ4n) is 2.48. The molecule has 7 nitrogen and oxygen atoms in total. The molecule has 2 fully saturated rings. The third kappa shape index (κ3) is 3.16. The molecule has 0 aromatic heterocycles. The van der Waals surface area contributed by atoms with Gasteiger partial charge < -0.3 is 24.7 Å². The summed E-state index contributed by atoms with van der Waals surface area (Å²) in [6.45, 7) is 3.67. The van der Waals surface area contributed by atoms with Crippen molar-refractivity contribution in [2.24, 2.45) is 5.92 Å². The molecule has 2 rings (SSSR count). The van der Waals surface area contributed by atoms with E-state index in [9.17, 15) is 14.7 Å². The second kappa shape index (κ2) is 5.75. The second-order valence-corrected chi connectivity index (χ2v) is 5.21. The molecular weight excluding hydrogens is 252 g/mol. The number of carboxylic acid groups (broad SMARTS) is 1. The van der Waals surface area contributed by atoms with E-state index in [2.05, 4.69) is 0 Å². The van der Waals surface area contributed by atoms with Crippen molar-refractivity contribution in [3.63, 3.8) is 0 Å². The standard InChI is InChI=1S/C12H20N2O5/c1-8-6-13(3-2-9(8)15)12(18)14-4-5-19-10(7-14)11(16)17/h8-10,15H,2-7H2,1H3,(H,16,17). The Labute approximate surface area is 111 Å². The van der Waals surface area contributed by atoms with Crippen molar-refractivity contribution < 1.29 is 24.5 Å². The lowest BCUT2D eigenvalue weighted by atomic mass is 9.97. The number of aliphatic hydroxyl groups is 1. The lowest BCUT2D eigenvalue weighted by molar-refractivity contribution is -0.154. The molecule has 2 heterocycles. The van der Waals surface area contributed by atoms with E-state index in [0.717, 1.165) is 0 Å². The third-order valence-electron chi connectivity index (χ3n) is 3.74. The van der Waals surface area contributed by atoms with Gasteiger partial charge in [0.1, 0.15) is 0 Å². The number of hydrogen-bond acceptors (Lipinski definition) is 4. The lowest BCUT2D eigenvalue weighted by Gasteiger charge is -2.39. The summed E-state index contributed by atoms with van der Waals surface area (Å²) in [5, 5.41) is 18.6. The van der Waals surface area contributed by atoms with Crippen molar-refractivity contribution in [3.8, 4) is 0 Å². The highest BCUT2D eigenvalue weighted by Crippen LogP contribution is 2.18. The van der Waals surface area contributed by atoms with Crippen LogP contribution >= 0.6 is 0 Å². The Morgan fingerprint density at radius 3 is 2.53 bits per heavy atom. The van der Waals surface area contributed by atoms with Gasteiger partial charge in [0.05, 0.1) is 19.3 Å². The molecule has 7 heteroatoms. The highest BCUT2D eigenvalue weighted by molar-refractivity contribution is 5.77. The molecule has 0 aromatic carbocycles. The molecule has 2 saturated heterocycles. The zero-order valence-corrected chi connectivity index (χ0v) is 11.0. The van der Waals surface area contributed by atoms with Crippen LogP contribution in [0.1, 0.15) is 13.3 Å². The molecule has 0 aliphatic carbocycles. The minimum absolute atomic E-state index is 0.0500. The third-order valence-corrected chi connectivity index (χ3v) is 3.74. The molecular formula is C12H20N2O5. The number of rotatable bonds is 1. The first kappa shape index (κ1) is 14.1. The number of hydrogen-bond donors (Lipinski definition) is 2. The van der Waals surface area contributed by atoms with Gasteiger partial charge in [0.2, 0.25) is 0 Å². The van der Waals surface area contributed by atoms with E-state index >= 15 is 0 Å². The maximum absolute atomic E-state index is 12.3. The Balaban J connectivity index is 1.94. The van der Waals surface area contributed by atoms with Crippen molar-refractivity contribution in [1.29, 1.82) is 0 Å². The van der Waals surface area contributed by atoms with Gasteiger partial charge in [-0.05, 0) is 12.3 Å². The summed E-state index contributed by atoms with van der Waals surface area (Å²) in [7, 11) is 0. The summed E-state index contributed by atoms with van der Waals surface area (Å²) >= 11 is 0. The molecule has 108 valence electrons. The van der Waals surface area contributed by atoms with E-state index in [1.807, 2.05) is 6.92 Å². The second-order valence-electron chi connectivity index (χ2n) is 5.21. The average Bonchev–Trinajstić information content (AvgIpc) is 2.41. The molecule has 0 radical (unpaired) electrons. The number of piperidine rings is 1. The van der Waals surface area contributed by atoms with E-state index in [0.29, 0.717) is 26.1 Å². The Kier molecular flexibility index (Phi) is 4.26. The number of aliphatic carboxylic acids is 1. The first-order chi connectivity index (χ1) is 8.99. The van der Waals surface area contributed by atoms with Crippen molar-refractivity contribution in [2.75, 3.05) is 32.8 Å². The summed E-state index contributed by atoms with van der Waals surface area (Å²) < 4.78 is 5.09. The number of urea groups is 1. The Morgan fingerprint density at radius 1 is 1.21 bits per heavy atom. The summed E-state index contributed by atoms with van der Waals surface area (Å²) in [5.74, 6) is -0.992. The number of ether oxygens (including phenoxy) is 1. The molecule has 2 aliphatic rings. The highest BCUT2D eigenvalue weighted by atomic mass is 16.5. The quantitative estimate of drug-likeness (QED) is 0.677. The van der Waals surface area contributed by atoms with Crippen molar-refractivity contribution in [1.82, 2.24) is 9.80 Å². The van der Waals surface area contributed by atoms with Crippen LogP contribution in [0.2, 0.25) is 0 Å². The lowest BCUT2D eigenvalue weighted by Crippen LogP contribution is -2.55. The summed E-state index contributed by atoms with van der Waals surface area (Å²) in [4.78, 5) is 26.4. The van der Waals surface area contributed by atoms with Crippen LogP contribution in [0.25, 0.3) is 0 Å². The minimum atomic E-state index is -1.04. The van der Waals surface area contributed by atoms with Crippen LogP contribution in [0.15, 0.2) is 0 Å². The van der Waals surface area contributed by atoms with Gasteiger partial charge in [-0.25, -0.2) is 9.59 Å². The van der Waals surface area contributed by atoms with Crippen LogP contribution in [0.4, 0.5) is 4.79 Å². The number of aliphatic hydroxyl groups excluding tert-OH is 1. The Morgan fingerprint density at radius 2 is 1.89 bits per heavy atom. The van der Waals surface area contributed by atoms with E-state index in [1.54, 1.807) is 4.90 Å².